The van der Waals surface area contributed by atoms with Crippen molar-refractivity contribution in [2.75, 3.05) is 29.2 Å². The first-order valence-corrected chi connectivity index (χ1v) is 9.76. The first kappa shape index (κ1) is 21.5. The first-order valence-electron chi connectivity index (χ1n) is 9.76. The Hall–Kier alpha value is -3.78. The van der Waals surface area contributed by atoms with Crippen molar-refractivity contribution in [3.63, 3.8) is 0 Å². The van der Waals surface area contributed by atoms with E-state index in [0.29, 0.717) is 11.4 Å². The molecule has 0 amide bonds. The van der Waals surface area contributed by atoms with Crippen LogP contribution in [-0.4, -0.2) is 44.7 Å². The Bertz CT molecular complexity index is 1180. The molecule has 0 spiro atoms. The molecule has 0 bridgehead atoms. The van der Waals surface area contributed by atoms with Crippen molar-refractivity contribution in [2.24, 2.45) is 0 Å². The highest BCUT2D eigenvalue weighted by Crippen LogP contribution is 2.40. The second-order valence-corrected chi connectivity index (χ2v) is 7.15. The van der Waals surface area contributed by atoms with Crippen LogP contribution < -0.4 is 16.0 Å². The van der Waals surface area contributed by atoms with E-state index in [1.165, 1.54) is 25.3 Å². The molecule has 0 saturated heterocycles. The molecule has 3 heterocycles. The number of aromatic nitrogens is 3. The van der Waals surface area contributed by atoms with Crippen LogP contribution in [0.25, 0.3) is 0 Å². The van der Waals surface area contributed by atoms with Crippen molar-refractivity contribution >= 4 is 23.1 Å². The maximum atomic E-state index is 13.1. The van der Waals surface area contributed by atoms with Crippen LogP contribution in [-0.2, 0) is 10.3 Å². The fourth-order valence-electron chi connectivity index (χ4n) is 3.20. The number of hydrogen-bond donors (Lipinski definition) is 4. The number of aliphatic hydroxyl groups is 2. The third-order valence-corrected chi connectivity index (χ3v) is 4.72. The maximum absolute atomic E-state index is 13.1. The molecule has 2 unspecified atom stereocenters. The van der Waals surface area contributed by atoms with Gasteiger partial charge in [0.1, 0.15) is 11.6 Å². The van der Waals surface area contributed by atoms with Crippen LogP contribution in [0.3, 0.4) is 0 Å². The standard InChI is InChI=1S/C22H21FN6O3/c1-22(31,18-5-3-15(23)13-26-18)8-6-14-2-4-16-17(12-14)29(21(27-16)32-11-10-30)19-7-9-25-20(24)28-19/h2-5,7,9,12-13,21,27,30-31H,10-11H2,1H3,(H2,24,25,28). The van der Waals surface area contributed by atoms with Crippen molar-refractivity contribution in [3.8, 4) is 11.8 Å². The van der Waals surface area contributed by atoms with Crippen molar-refractivity contribution < 1.29 is 19.3 Å². The number of aliphatic hydroxyl groups excluding tert-OH is 1. The van der Waals surface area contributed by atoms with Gasteiger partial charge in [0.15, 0.2) is 5.60 Å². The van der Waals surface area contributed by atoms with Gasteiger partial charge in [-0.1, -0.05) is 11.8 Å². The molecular formula is C22H21FN6O3. The second-order valence-electron chi connectivity index (χ2n) is 7.15. The van der Waals surface area contributed by atoms with Crippen molar-refractivity contribution in [3.05, 3.63) is 65.9 Å². The van der Waals surface area contributed by atoms with Gasteiger partial charge in [-0.15, -0.1) is 0 Å². The second kappa shape index (κ2) is 8.76. The highest BCUT2D eigenvalue weighted by molar-refractivity contribution is 5.82. The topological polar surface area (TPSA) is 130 Å². The summed E-state index contributed by atoms with van der Waals surface area (Å²) in [5, 5.41) is 23.1. The fraction of sp³-hybridized carbons (Fsp3) is 0.227. The molecular weight excluding hydrogens is 415 g/mol. The monoisotopic (exact) mass is 436 g/mol. The van der Waals surface area contributed by atoms with Gasteiger partial charge in [-0.05, 0) is 43.3 Å². The summed E-state index contributed by atoms with van der Waals surface area (Å²) in [5.74, 6) is 5.84. The number of ether oxygens (including phenoxy) is 1. The average molecular weight is 436 g/mol. The van der Waals surface area contributed by atoms with Gasteiger partial charge in [0, 0.05) is 11.8 Å². The Morgan fingerprint density at radius 3 is 2.84 bits per heavy atom. The number of rotatable bonds is 5. The molecule has 0 saturated carbocycles. The van der Waals surface area contributed by atoms with E-state index in [2.05, 4.69) is 32.1 Å². The van der Waals surface area contributed by atoms with Gasteiger partial charge in [0.2, 0.25) is 12.3 Å². The van der Waals surface area contributed by atoms with Crippen molar-refractivity contribution in [1.82, 2.24) is 15.0 Å². The minimum Gasteiger partial charge on any atom is -0.394 e. The van der Waals surface area contributed by atoms with Crippen molar-refractivity contribution in [1.29, 1.82) is 0 Å². The number of fused-ring (bicyclic) bond motifs is 1. The summed E-state index contributed by atoms with van der Waals surface area (Å²) < 4.78 is 18.8. The van der Waals surface area contributed by atoms with Gasteiger partial charge >= 0.3 is 0 Å². The van der Waals surface area contributed by atoms with Crippen LogP contribution in [0.4, 0.5) is 27.5 Å². The van der Waals surface area contributed by atoms with Gasteiger partial charge in [-0.3, -0.25) is 9.88 Å². The number of hydrogen-bond acceptors (Lipinski definition) is 9. The van der Waals surface area contributed by atoms with Crippen LogP contribution in [0.2, 0.25) is 0 Å². The molecule has 0 radical (unpaired) electrons. The van der Waals surface area contributed by atoms with Gasteiger partial charge in [-0.25, -0.2) is 9.37 Å². The molecule has 1 aromatic carbocycles. The summed E-state index contributed by atoms with van der Waals surface area (Å²) in [6.45, 7) is 1.46. The normalized spacial score (nSPS) is 16.5. The van der Waals surface area contributed by atoms with Crippen molar-refractivity contribution in [2.45, 2.75) is 18.9 Å². The van der Waals surface area contributed by atoms with Gasteiger partial charge in [0.05, 0.1) is 36.5 Å². The highest BCUT2D eigenvalue weighted by Gasteiger charge is 2.32. The smallest absolute Gasteiger partial charge is 0.221 e. The lowest BCUT2D eigenvalue weighted by molar-refractivity contribution is 0.0505. The molecule has 2 atom stereocenters. The van der Waals surface area contributed by atoms with E-state index >= 15 is 0 Å². The lowest BCUT2D eigenvalue weighted by atomic mass is 10.0. The van der Waals surface area contributed by atoms with E-state index in [0.717, 1.165) is 17.6 Å². The number of nitrogens with two attached hydrogens (primary N) is 1. The fourth-order valence-corrected chi connectivity index (χ4v) is 3.20. The molecule has 5 N–H and O–H groups in total. The summed E-state index contributed by atoms with van der Waals surface area (Å²) in [6.07, 6.45) is 1.95. The molecule has 9 nitrogen and oxygen atoms in total. The Kier molecular flexibility index (Phi) is 5.87. The van der Waals surface area contributed by atoms with Crippen LogP contribution in [0.1, 0.15) is 18.2 Å². The predicted octanol–water partition coefficient (Wildman–Crippen LogP) is 1.71. The van der Waals surface area contributed by atoms with Crippen LogP contribution in [0, 0.1) is 17.7 Å². The van der Waals surface area contributed by atoms with E-state index in [4.69, 9.17) is 15.6 Å². The van der Waals surface area contributed by atoms with E-state index in [1.54, 1.807) is 17.0 Å². The van der Waals surface area contributed by atoms with Gasteiger partial charge in [0.25, 0.3) is 0 Å². The van der Waals surface area contributed by atoms with E-state index in [-0.39, 0.29) is 24.9 Å². The summed E-state index contributed by atoms with van der Waals surface area (Å²) in [5.41, 5.74) is 6.52. The molecule has 164 valence electrons. The van der Waals surface area contributed by atoms with Crippen LogP contribution in [0.5, 0.6) is 0 Å². The molecule has 1 aliphatic rings. The maximum Gasteiger partial charge on any atom is 0.221 e. The zero-order chi connectivity index (χ0) is 22.7. The molecule has 1 aliphatic heterocycles. The predicted molar refractivity (Wildman–Crippen MR) is 116 cm³/mol. The quantitative estimate of drug-likeness (QED) is 0.442. The SMILES string of the molecule is CC(O)(C#Cc1ccc2c(c1)N(c1ccnc(N)n1)C(OCCO)N2)c1ccc(F)cn1. The minimum absolute atomic E-state index is 0.107. The van der Waals surface area contributed by atoms with E-state index in [1.807, 2.05) is 12.1 Å². The summed E-state index contributed by atoms with van der Waals surface area (Å²) in [4.78, 5) is 13.9. The number of pyridine rings is 1. The average Bonchev–Trinajstić information content (AvgIpc) is 3.14. The molecule has 3 aromatic rings. The molecule has 10 heteroatoms. The number of anilines is 4. The highest BCUT2D eigenvalue weighted by atomic mass is 19.1. The third kappa shape index (κ3) is 4.45. The Balaban J connectivity index is 1.68. The zero-order valence-corrected chi connectivity index (χ0v) is 17.2. The lowest BCUT2D eigenvalue weighted by Crippen LogP contribution is -2.36. The number of benzene rings is 1. The minimum atomic E-state index is -1.57. The Labute approximate surface area is 183 Å². The van der Waals surface area contributed by atoms with Gasteiger partial charge < -0.3 is 26.0 Å². The summed E-state index contributed by atoms with van der Waals surface area (Å²) in [6, 6.07) is 9.71. The third-order valence-electron chi connectivity index (χ3n) is 4.72. The molecule has 0 aliphatic carbocycles. The molecule has 4 rings (SSSR count). The molecule has 0 fully saturated rings. The summed E-state index contributed by atoms with van der Waals surface area (Å²) >= 11 is 0. The largest absolute Gasteiger partial charge is 0.394 e. The number of nitrogens with zero attached hydrogens (tertiary/aromatic N) is 4. The Morgan fingerprint density at radius 1 is 1.28 bits per heavy atom. The number of nitrogens with one attached hydrogen (secondary N) is 1. The summed E-state index contributed by atoms with van der Waals surface area (Å²) in [7, 11) is 0. The van der Waals surface area contributed by atoms with Crippen LogP contribution >= 0.6 is 0 Å². The molecule has 32 heavy (non-hydrogen) atoms. The Morgan fingerprint density at radius 2 is 2.12 bits per heavy atom. The first-order chi connectivity index (χ1) is 15.4. The zero-order valence-electron chi connectivity index (χ0n) is 17.2. The van der Waals surface area contributed by atoms with Gasteiger partial charge in [-0.2, -0.15) is 4.98 Å². The van der Waals surface area contributed by atoms with Crippen LogP contribution in [0.15, 0.2) is 48.8 Å². The molecule has 2 aromatic heterocycles. The van der Waals surface area contributed by atoms with E-state index in [9.17, 15) is 9.50 Å². The van der Waals surface area contributed by atoms with E-state index < -0.39 is 17.8 Å². The lowest BCUT2D eigenvalue weighted by Gasteiger charge is -2.25. The number of nitrogen functional groups attached to an aromatic ring is 1. The number of halogens is 1.